The third-order valence-electron chi connectivity index (χ3n) is 2.76. The Balaban J connectivity index is 1.79. The number of nitrogens with one attached hydrogen (secondary N) is 2. The number of nitrogens with zero attached hydrogens (tertiary/aromatic N) is 2. The number of amides is 2. The number of esters is 1. The van der Waals surface area contributed by atoms with Crippen molar-refractivity contribution in [2.75, 3.05) is 6.61 Å². The van der Waals surface area contributed by atoms with Gasteiger partial charge in [0.05, 0.1) is 17.5 Å². The number of carbonyl (C=O) groups excluding carboxylic acids is 3. The molecule has 0 spiro atoms. The first-order valence-corrected chi connectivity index (χ1v) is 7.56. The fraction of sp³-hybridized carbons (Fsp3) is 0.133. The van der Waals surface area contributed by atoms with Crippen molar-refractivity contribution in [2.45, 2.75) is 6.92 Å². The second kappa shape index (κ2) is 8.16. The van der Waals surface area contributed by atoms with E-state index in [4.69, 9.17) is 4.74 Å². The summed E-state index contributed by atoms with van der Waals surface area (Å²) in [4.78, 5) is 42.9. The second-order valence-corrected chi connectivity index (χ2v) is 5.46. The van der Waals surface area contributed by atoms with Gasteiger partial charge in [0.2, 0.25) is 0 Å². The van der Waals surface area contributed by atoms with Gasteiger partial charge in [-0.25, -0.2) is 9.78 Å². The summed E-state index contributed by atoms with van der Waals surface area (Å²) in [5, 5.41) is 0. The summed E-state index contributed by atoms with van der Waals surface area (Å²) in [6.45, 7) is 1.16. The molecule has 0 atom stereocenters. The molecule has 8 nitrogen and oxygen atoms in total. The van der Waals surface area contributed by atoms with Gasteiger partial charge in [-0.05, 0) is 35.0 Å². The van der Waals surface area contributed by atoms with Gasteiger partial charge < -0.3 is 4.74 Å². The molecule has 1 heterocycles. The van der Waals surface area contributed by atoms with Crippen LogP contribution in [0.5, 0.6) is 0 Å². The Morgan fingerprint density at radius 2 is 1.88 bits per heavy atom. The van der Waals surface area contributed by atoms with Crippen molar-refractivity contribution in [1.82, 2.24) is 20.8 Å². The van der Waals surface area contributed by atoms with Crippen LogP contribution in [0, 0.1) is 6.92 Å². The van der Waals surface area contributed by atoms with Gasteiger partial charge >= 0.3 is 5.97 Å². The van der Waals surface area contributed by atoms with Crippen LogP contribution < -0.4 is 10.9 Å². The van der Waals surface area contributed by atoms with Crippen LogP contribution in [0.4, 0.5) is 0 Å². The molecule has 2 aromatic rings. The van der Waals surface area contributed by atoms with Gasteiger partial charge in [-0.2, -0.15) is 0 Å². The first-order chi connectivity index (χ1) is 11.5. The van der Waals surface area contributed by atoms with Gasteiger partial charge in [0, 0.05) is 10.7 Å². The molecule has 124 valence electrons. The van der Waals surface area contributed by atoms with Crippen molar-refractivity contribution in [3.8, 4) is 0 Å². The van der Waals surface area contributed by atoms with Crippen LogP contribution in [0.15, 0.2) is 41.1 Å². The number of benzene rings is 1. The van der Waals surface area contributed by atoms with E-state index in [0.29, 0.717) is 15.7 Å². The molecule has 0 aliphatic rings. The predicted octanol–water partition coefficient (Wildman–Crippen LogP) is 1.17. The summed E-state index contributed by atoms with van der Waals surface area (Å²) in [6, 6.07) is 6.72. The van der Waals surface area contributed by atoms with Crippen molar-refractivity contribution >= 4 is 33.7 Å². The average Bonchev–Trinajstić information content (AvgIpc) is 2.58. The Bertz CT molecular complexity index is 764. The topological polar surface area (TPSA) is 110 Å². The number of rotatable bonds is 4. The van der Waals surface area contributed by atoms with Gasteiger partial charge in [-0.3, -0.25) is 25.4 Å². The number of hydrogen-bond acceptors (Lipinski definition) is 6. The highest BCUT2D eigenvalue weighted by Gasteiger charge is 2.13. The fourth-order valence-corrected chi connectivity index (χ4v) is 2.04. The molecule has 0 saturated heterocycles. The Labute approximate surface area is 145 Å². The monoisotopic (exact) mass is 392 g/mol. The van der Waals surface area contributed by atoms with Gasteiger partial charge in [0.25, 0.3) is 11.8 Å². The molecule has 0 aliphatic heterocycles. The number of ether oxygens (including phenoxy) is 1. The Hall–Kier alpha value is -2.81. The van der Waals surface area contributed by atoms with Crippen LogP contribution >= 0.6 is 15.9 Å². The molecule has 2 rings (SSSR count). The van der Waals surface area contributed by atoms with Gasteiger partial charge in [-0.15, -0.1) is 0 Å². The number of carbonyl (C=O) groups is 3. The molecule has 0 fully saturated rings. The quantitative estimate of drug-likeness (QED) is 0.596. The van der Waals surface area contributed by atoms with E-state index in [1.54, 1.807) is 31.2 Å². The highest BCUT2D eigenvalue weighted by molar-refractivity contribution is 9.10. The molecule has 0 unspecified atom stereocenters. The van der Waals surface area contributed by atoms with E-state index in [-0.39, 0.29) is 5.69 Å². The summed E-state index contributed by atoms with van der Waals surface area (Å²) < 4.78 is 5.36. The molecule has 0 bridgehead atoms. The second-order valence-electron chi connectivity index (χ2n) is 4.60. The van der Waals surface area contributed by atoms with Crippen LogP contribution in [0.2, 0.25) is 0 Å². The van der Waals surface area contributed by atoms with Crippen LogP contribution in [-0.2, 0) is 9.53 Å². The lowest BCUT2D eigenvalue weighted by Gasteiger charge is -2.08. The normalized spacial score (nSPS) is 9.92. The molecule has 24 heavy (non-hydrogen) atoms. The zero-order valence-electron chi connectivity index (χ0n) is 12.6. The summed E-state index contributed by atoms with van der Waals surface area (Å²) in [7, 11) is 0. The molecule has 1 aromatic heterocycles. The molecular weight excluding hydrogens is 380 g/mol. The number of aryl methyl sites for hydroxylation is 1. The first-order valence-electron chi connectivity index (χ1n) is 6.77. The lowest BCUT2D eigenvalue weighted by atomic mass is 10.2. The highest BCUT2D eigenvalue weighted by atomic mass is 79.9. The standard InChI is InChI=1S/C15H13BrN4O4/c1-9-6-18-12(7-17-9)15(23)24-8-13(21)19-20-14(22)10-4-2-3-5-11(10)16/h2-7H,8H2,1H3,(H,19,21)(H,20,22). The highest BCUT2D eigenvalue weighted by Crippen LogP contribution is 2.15. The maximum absolute atomic E-state index is 11.9. The Kier molecular flexibility index (Phi) is 5.96. The van der Waals surface area contributed by atoms with Gasteiger partial charge in [0.1, 0.15) is 0 Å². The minimum Gasteiger partial charge on any atom is -0.451 e. The van der Waals surface area contributed by atoms with E-state index in [9.17, 15) is 14.4 Å². The Morgan fingerprint density at radius 1 is 1.12 bits per heavy atom. The zero-order valence-corrected chi connectivity index (χ0v) is 14.2. The molecule has 9 heteroatoms. The minimum atomic E-state index is -0.783. The van der Waals surface area contributed by atoms with Crippen molar-refractivity contribution in [3.05, 3.63) is 58.1 Å². The maximum Gasteiger partial charge on any atom is 0.359 e. The number of halogens is 1. The maximum atomic E-state index is 11.9. The van der Waals surface area contributed by atoms with Crippen molar-refractivity contribution in [3.63, 3.8) is 0 Å². The van der Waals surface area contributed by atoms with Crippen molar-refractivity contribution < 1.29 is 19.1 Å². The van der Waals surface area contributed by atoms with E-state index in [2.05, 4.69) is 36.7 Å². The Morgan fingerprint density at radius 3 is 2.54 bits per heavy atom. The molecule has 2 amide bonds. The predicted molar refractivity (Wildman–Crippen MR) is 86.8 cm³/mol. The first kappa shape index (κ1) is 17.5. The lowest BCUT2D eigenvalue weighted by Crippen LogP contribution is -2.43. The SMILES string of the molecule is Cc1cnc(C(=O)OCC(=O)NNC(=O)c2ccccc2Br)cn1. The van der Waals surface area contributed by atoms with Crippen LogP contribution in [0.25, 0.3) is 0 Å². The lowest BCUT2D eigenvalue weighted by molar-refractivity contribution is -0.125. The van der Waals surface area contributed by atoms with E-state index in [0.717, 1.165) is 0 Å². The smallest absolute Gasteiger partial charge is 0.359 e. The number of aromatic nitrogens is 2. The molecule has 1 aromatic carbocycles. The molecule has 0 aliphatic carbocycles. The number of hydrazine groups is 1. The molecular formula is C15H13BrN4O4. The van der Waals surface area contributed by atoms with Crippen LogP contribution in [0.3, 0.4) is 0 Å². The van der Waals surface area contributed by atoms with E-state index >= 15 is 0 Å². The van der Waals surface area contributed by atoms with Crippen molar-refractivity contribution in [2.24, 2.45) is 0 Å². The van der Waals surface area contributed by atoms with Gasteiger partial charge in [-0.1, -0.05) is 12.1 Å². The summed E-state index contributed by atoms with van der Waals surface area (Å²) in [6.07, 6.45) is 2.67. The minimum absolute atomic E-state index is 0.00866. The molecule has 0 radical (unpaired) electrons. The summed E-state index contributed by atoms with van der Waals surface area (Å²) in [5.41, 5.74) is 5.37. The van der Waals surface area contributed by atoms with Crippen LogP contribution in [0.1, 0.15) is 26.5 Å². The van der Waals surface area contributed by atoms with Crippen molar-refractivity contribution in [1.29, 1.82) is 0 Å². The van der Waals surface area contributed by atoms with E-state index in [1.165, 1.54) is 12.4 Å². The molecule has 2 N–H and O–H groups in total. The van der Waals surface area contributed by atoms with Gasteiger partial charge in [0.15, 0.2) is 12.3 Å². The van der Waals surface area contributed by atoms with E-state index < -0.39 is 24.4 Å². The number of hydrogen-bond donors (Lipinski definition) is 2. The third-order valence-corrected chi connectivity index (χ3v) is 3.45. The zero-order chi connectivity index (χ0) is 17.5. The molecule has 0 saturated carbocycles. The fourth-order valence-electron chi connectivity index (χ4n) is 1.58. The average molecular weight is 393 g/mol. The summed E-state index contributed by atoms with van der Waals surface area (Å²) >= 11 is 3.23. The largest absolute Gasteiger partial charge is 0.451 e. The summed E-state index contributed by atoms with van der Waals surface area (Å²) in [5.74, 6) is -1.98. The van der Waals surface area contributed by atoms with Crippen LogP contribution in [-0.4, -0.2) is 34.4 Å². The van der Waals surface area contributed by atoms with E-state index in [1.807, 2.05) is 0 Å². The third kappa shape index (κ3) is 4.85.